The maximum Gasteiger partial charge on any atom is 0.172 e. The van der Waals surface area contributed by atoms with Crippen LogP contribution in [0.3, 0.4) is 0 Å². The van der Waals surface area contributed by atoms with Crippen molar-refractivity contribution in [1.29, 1.82) is 0 Å². The van der Waals surface area contributed by atoms with Crippen LogP contribution < -0.4 is 19.9 Å². The highest BCUT2D eigenvalue weighted by Gasteiger charge is 2.17. The molecule has 27 heavy (non-hydrogen) atoms. The number of hydrogen-bond donors (Lipinski definition) is 2. The number of nitrogens with zero attached hydrogens (tertiary/aromatic N) is 2. The van der Waals surface area contributed by atoms with Gasteiger partial charge in [-0.25, -0.2) is 4.98 Å². The second-order valence-electron chi connectivity index (χ2n) is 5.70. The minimum atomic E-state index is -0.505. The Morgan fingerprint density at radius 1 is 1.11 bits per heavy atom. The van der Waals surface area contributed by atoms with Gasteiger partial charge in [-0.2, -0.15) is 5.10 Å². The van der Waals surface area contributed by atoms with Crippen LogP contribution in [-0.2, 0) is 6.61 Å². The molecule has 0 radical (unpaired) electrons. The van der Waals surface area contributed by atoms with Gasteiger partial charge in [0.25, 0.3) is 0 Å². The Hall–Kier alpha value is -2.77. The third-order valence-electron chi connectivity index (χ3n) is 3.86. The normalized spacial score (nSPS) is 11.9. The predicted octanol–water partition coefficient (Wildman–Crippen LogP) is 3.49. The van der Waals surface area contributed by atoms with Crippen molar-refractivity contribution in [3.63, 3.8) is 0 Å². The quantitative estimate of drug-likeness (QED) is 0.613. The molecule has 2 aromatic carbocycles. The number of nitrogens with one attached hydrogen (secondary N) is 1. The van der Waals surface area contributed by atoms with Crippen molar-refractivity contribution in [3.05, 3.63) is 64.7 Å². The largest absolute Gasteiger partial charge is 0.493 e. The zero-order valence-corrected chi connectivity index (χ0v) is 15.9. The van der Waals surface area contributed by atoms with Crippen LogP contribution in [0, 0.1) is 0 Å². The molecule has 1 aromatic heterocycles. The lowest BCUT2D eigenvalue weighted by atomic mass is 10.1. The van der Waals surface area contributed by atoms with E-state index in [1.54, 1.807) is 31.4 Å². The molecule has 3 aromatic rings. The summed E-state index contributed by atoms with van der Waals surface area (Å²) in [5, 5.41) is 7.70. The predicted molar refractivity (Wildman–Crippen MR) is 102 cm³/mol. The molecule has 3 rings (SSSR count). The number of rotatable bonds is 8. The molecule has 0 saturated heterocycles. The lowest BCUT2D eigenvalue weighted by Crippen LogP contribution is -2.14. The second-order valence-corrected chi connectivity index (χ2v) is 6.14. The summed E-state index contributed by atoms with van der Waals surface area (Å²) in [5.74, 6) is 3.02. The molecule has 0 aliphatic heterocycles. The number of methoxy groups -OCH3 is 1. The van der Waals surface area contributed by atoms with Crippen LogP contribution in [0.1, 0.15) is 30.2 Å². The number of ether oxygens (including phenoxy) is 3. The molecule has 1 unspecified atom stereocenters. The molecule has 0 spiro atoms. The zero-order chi connectivity index (χ0) is 19.2. The van der Waals surface area contributed by atoms with Crippen molar-refractivity contribution in [2.45, 2.75) is 19.6 Å². The highest BCUT2D eigenvalue weighted by molar-refractivity contribution is 6.30. The van der Waals surface area contributed by atoms with Gasteiger partial charge in [0.05, 0.1) is 19.8 Å². The lowest BCUT2D eigenvalue weighted by molar-refractivity contribution is 0.296. The Kier molecular flexibility index (Phi) is 6.16. The topological polar surface area (TPSA) is 95.3 Å². The molecule has 1 atom stereocenters. The third kappa shape index (κ3) is 4.69. The minimum Gasteiger partial charge on any atom is -0.493 e. The van der Waals surface area contributed by atoms with Crippen LogP contribution in [-0.4, -0.2) is 28.9 Å². The number of aromatic amines is 1. The first-order valence-corrected chi connectivity index (χ1v) is 8.84. The molecule has 0 aliphatic carbocycles. The molecule has 0 saturated carbocycles. The maximum absolute atomic E-state index is 6.30. The van der Waals surface area contributed by atoms with Gasteiger partial charge in [-0.3, -0.25) is 5.10 Å². The first kappa shape index (κ1) is 19.0. The van der Waals surface area contributed by atoms with Gasteiger partial charge in [-0.05, 0) is 48.9 Å². The van der Waals surface area contributed by atoms with Crippen LogP contribution in [0.5, 0.6) is 17.2 Å². The summed E-state index contributed by atoms with van der Waals surface area (Å²) in [6, 6.07) is 12.1. The fraction of sp³-hybridized carbons (Fsp3) is 0.263. The monoisotopic (exact) mass is 388 g/mol. The number of hydrogen-bond acceptors (Lipinski definition) is 6. The molecule has 3 N–H and O–H groups in total. The first-order valence-electron chi connectivity index (χ1n) is 8.46. The maximum atomic E-state index is 6.30. The van der Waals surface area contributed by atoms with Gasteiger partial charge in [-0.1, -0.05) is 17.7 Å². The van der Waals surface area contributed by atoms with E-state index in [0.717, 1.165) is 5.56 Å². The van der Waals surface area contributed by atoms with Crippen LogP contribution in [0.25, 0.3) is 0 Å². The number of nitrogens with two attached hydrogens (primary N) is 1. The molecular formula is C19H21ClN4O3. The summed E-state index contributed by atoms with van der Waals surface area (Å²) in [5.41, 5.74) is 7.12. The number of aromatic nitrogens is 3. The summed E-state index contributed by atoms with van der Waals surface area (Å²) >= 11 is 5.86. The summed E-state index contributed by atoms with van der Waals surface area (Å²) in [6.07, 6.45) is 0. The average Bonchev–Trinajstić information content (AvgIpc) is 3.16. The molecule has 1 heterocycles. The van der Waals surface area contributed by atoms with Gasteiger partial charge in [-0.15, -0.1) is 0 Å². The third-order valence-corrected chi connectivity index (χ3v) is 4.11. The van der Waals surface area contributed by atoms with E-state index in [1.165, 1.54) is 0 Å². The van der Waals surface area contributed by atoms with Gasteiger partial charge >= 0.3 is 0 Å². The van der Waals surface area contributed by atoms with Crippen LogP contribution in [0.2, 0.25) is 5.02 Å². The average molecular weight is 389 g/mol. The summed E-state index contributed by atoms with van der Waals surface area (Å²) < 4.78 is 16.5. The Morgan fingerprint density at radius 2 is 1.89 bits per heavy atom. The van der Waals surface area contributed by atoms with Gasteiger partial charge < -0.3 is 19.9 Å². The second kappa shape index (κ2) is 8.75. The van der Waals surface area contributed by atoms with E-state index in [1.807, 2.05) is 25.1 Å². The van der Waals surface area contributed by atoms with E-state index in [9.17, 15) is 0 Å². The summed E-state index contributed by atoms with van der Waals surface area (Å²) in [7, 11) is 1.59. The lowest BCUT2D eigenvalue weighted by Gasteiger charge is -2.13. The van der Waals surface area contributed by atoms with Gasteiger partial charge in [0.2, 0.25) is 0 Å². The van der Waals surface area contributed by atoms with E-state index < -0.39 is 6.04 Å². The summed E-state index contributed by atoms with van der Waals surface area (Å²) in [4.78, 5) is 4.42. The van der Waals surface area contributed by atoms with E-state index >= 15 is 0 Å². The molecule has 0 bridgehead atoms. The van der Waals surface area contributed by atoms with Crippen LogP contribution >= 0.6 is 11.6 Å². The van der Waals surface area contributed by atoms with Crippen molar-refractivity contribution in [2.24, 2.45) is 5.73 Å². The smallest absolute Gasteiger partial charge is 0.172 e. The van der Waals surface area contributed by atoms with Gasteiger partial charge in [0, 0.05) is 5.02 Å². The van der Waals surface area contributed by atoms with Crippen molar-refractivity contribution < 1.29 is 14.2 Å². The highest BCUT2D eigenvalue weighted by atomic mass is 35.5. The molecule has 142 valence electrons. The fourth-order valence-corrected chi connectivity index (χ4v) is 2.62. The molecule has 8 heteroatoms. The fourth-order valence-electron chi connectivity index (χ4n) is 2.50. The Balaban J connectivity index is 1.69. The number of H-pyrrole nitrogens is 1. The van der Waals surface area contributed by atoms with E-state index in [4.69, 9.17) is 31.5 Å². The van der Waals surface area contributed by atoms with Crippen molar-refractivity contribution in [3.8, 4) is 17.2 Å². The van der Waals surface area contributed by atoms with Crippen LogP contribution in [0.4, 0.5) is 0 Å². The number of benzene rings is 2. The van der Waals surface area contributed by atoms with E-state index in [-0.39, 0.29) is 6.61 Å². The molecule has 0 amide bonds. The Labute approximate surface area is 162 Å². The molecule has 7 nitrogen and oxygen atoms in total. The summed E-state index contributed by atoms with van der Waals surface area (Å²) in [6.45, 7) is 2.72. The van der Waals surface area contributed by atoms with E-state index in [2.05, 4.69) is 15.2 Å². The SMILES string of the molecule is CCOc1ccc(C(N)c2n[nH]c(COc3ccc(Cl)cc3)n2)cc1OC. The van der Waals surface area contributed by atoms with Gasteiger partial charge in [0.15, 0.2) is 23.1 Å². The Bertz CT molecular complexity index is 883. The first-order chi connectivity index (χ1) is 13.1. The highest BCUT2D eigenvalue weighted by Crippen LogP contribution is 2.31. The molecule has 0 aliphatic rings. The number of halogens is 1. The molecular weight excluding hydrogens is 368 g/mol. The Morgan fingerprint density at radius 3 is 2.59 bits per heavy atom. The van der Waals surface area contributed by atoms with Gasteiger partial charge in [0.1, 0.15) is 12.4 Å². The molecule has 0 fully saturated rings. The van der Waals surface area contributed by atoms with Crippen molar-refractivity contribution in [2.75, 3.05) is 13.7 Å². The van der Waals surface area contributed by atoms with Crippen molar-refractivity contribution >= 4 is 11.6 Å². The standard InChI is InChI=1S/C19H21ClN4O3/c1-3-26-15-9-4-12(10-16(15)25-2)18(21)19-22-17(23-24-19)11-27-14-7-5-13(20)6-8-14/h4-10,18H,3,11,21H2,1-2H3,(H,22,23,24). The van der Waals surface area contributed by atoms with Crippen molar-refractivity contribution in [1.82, 2.24) is 15.2 Å². The van der Waals surface area contributed by atoms with Crippen LogP contribution in [0.15, 0.2) is 42.5 Å². The zero-order valence-electron chi connectivity index (χ0n) is 15.1. The van der Waals surface area contributed by atoms with E-state index in [0.29, 0.717) is 40.5 Å². The minimum absolute atomic E-state index is 0.244.